The van der Waals surface area contributed by atoms with Gasteiger partial charge in [0, 0.05) is 11.5 Å². The van der Waals surface area contributed by atoms with Gasteiger partial charge in [-0.05, 0) is 38.6 Å². The molecular weight excluding hydrogens is 296 g/mol. The van der Waals surface area contributed by atoms with Crippen molar-refractivity contribution in [3.8, 4) is 0 Å². The molecule has 0 saturated heterocycles. The van der Waals surface area contributed by atoms with E-state index in [-0.39, 0.29) is 23.8 Å². The van der Waals surface area contributed by atoms with E-state index in [1.54, 1.807) is 30.3 Å². The molecule has 1 aromatic rings. The van der Waals surface area contributed by atoms with E-state index in [1.165, 1.54) is 0 Å². The highest BCUT2D eigenvalue weighted by molar-refractivity contribution is 6.17. The number of unbranched alkanes of at least 4 members (excludes halogenated alkanes) is 1. The summed E-state index contributed by atoms with van der Waals surface area (Å²) >= 11 is 0. The second-order valence-corrected chi connectivity index (χ2v) is 5.91. The van der Waals surface area contributed by atoms with E-state index < -0.39 is 17.3 Å². The lowest BCUT2D eigenvalue weighted by Crippen LogP contribution is -2.60. The Kier molecular flexibility index (Phi) is 5.50. The van der Waals surface area contributed by atoms with Crippen LogP contribution in [0.15, 0.2) is 30.3 Å². The maximum atomic E-state index is 12.9. The van der Waals surface area contributed by atoms with E-state index in [2.05, 4.69) is 5.32 Å². The largest absolute Gasteiger partial charge is 0.479 e. The third-order valence-corrected chi connectivity index (χ3v) is 4.08. The Balaban J connectivity index is 2.31. The Hall–Kier alpha value is -2.21. The summed E-state index contributed by atoms with van der Waals surface area (Å²) in [6, 6.07) is 8.21. The fraction of sp³-hybridized carbons (Fsp3) is 0.471. The normalized spacial score (nSPS) is 16.4. The molecule has 0 aliphatic heterocycles. The molecule has 23 heavy (non-hydrogen) atoms. The number of amides is 1. The number of carbonyl (C=O) groups is 3. The number of aliphatic carboxylic acids is 1. The van der Waals surface area contributed by atoms with Crippen LogP contribution in [0.1, 0.15) is 42.5 Å². The molecule has 6 heteroatoms. The van der Waals surface area contributed by atoms with Crippen LogP contribution in [0.5, 0.6) is 0 Å². The number of ketones is 1. The van der Waals surface area contributed by atoms with Crippen molar-refractivity contribution in [2.24, 2.45) is 11.7 Å². The zero-order chi connectivity index (χ0) is 16.9. The number of nitrogens with one attached hydrogen (secondary N) is 1. The van der Waals surface area contributed by atoms with Gasteiger partial charge in [0.25, 0.3) is 0 Å². The van der Waals surface area contributed by atoms with Gasteiger partial charge in [-0.1, -0.05) is 30.3 Å². The van der Waals surface area contributed by atoms with Gasteiger partial charge in [0.15, 0.2) is 5.78 Å². The first-order valence-electron chi connectivity index (χ1n) is 7.86. The van der Waals surface area contributed by atoms with Crippen molar-refractivity contribution >= 4 is 17.7 Å². The van der Waals surface area contributed by atoms with Crippen LogP contribution in [0.4, 0.5) is 0 Å². The fourth-order valence-electron chi connectivity index (χ4n) is 2.52. The third kappa shape index (κ3) is 3.96. The number of nitrogens with two attached hydrogens (primary N) is 1. The molecule has 0 spiro atoms. The Morgan fingerprint density at radius 3 is 2.35 bits per heavy atom. The Labute approximate surface area is 135 Å². The summed E-state index contributed by atoms with van der Waals surface area (Å²) in [5.41, 5.74) is 3.82. The van der Waals surface area contributed by atoms with Gasteiger partial charge in [0.2, 0.25) is 11.4 Å². The summed E-state index contributed by atoms with van der Waals surface area (Å²) in [5.74, 6) is -2.44. The number of hydrogen-bond acceptors (Lipinski definition) is 4. The number of rotatable bonds is 9. The first-order valence-corrected chi connectivity index (χ1v) is 7.86. The van der Waals surface area contributed by atoms with Gasteiger partial charge < -0.3 is 16.2 Å². The van der Waals surface area contributed by atoms with Crippen LogP contribution in [0.25, 0.3) is 0 Å². The number of carbonyl (C=O) groups excluding carboxylic acids is 2. The van der Waals surface area contributed by atoms with Crippen molar-refractivity contribution < 1.29 is 19.5 Å². The minimum atomic E-state index is -1.92. The predicted octanol–water partition coefficient (Wildman–Crippen LogP) is 1.35. The molecule has 0 heterocycles. The maximum absolute atomic E-state index is 12.9. The van der Waals surface area contributed by atoms with Gasteiger partial charge >= 0.3 is 5.97 Å². The highest BCUT2D eigenvalue weighted by Gasteiger charge is 2.49. The van der Waals surface area contributed by atoms with E-state index in [9.17, 15) is 19.5 Å². The lowest BCUT2D eigenvalue weighted by atomic mass is 9.84. The maximum Gasteiger partial charge on any atom is 0.337 e. The lowest BCUT2D eigenvalue weighted by Gasteiger charge is -2.29. The highest BCUT2D eigenvalue weighted by atomic mass is 16.4. The molecule has 6 nitrogen and oxygen atoms in total. The number of benzene rings is 1. The van der Waals surface area contributed by atoms with Crippen LogP contribution in [0.3, 0.4) is 0 Å². The standard InChI is InChI=1S/C17H22N2O4/c18-11-5-4-10-17(16(22)23,19-15(21)13-8-9-13)14(20)12-6-2-1-3-7-12/h1-3,6-7,13H,4-5,8-11,18H2,(H,19,21)(H,22,23)/t17-/m1/s1. The molecule has 1 aliphatic carbocycles. The van der Waals surface area contributed by atoms with Crippen LogP contribution in [-0.4, -0.2) is 34.8 Å². The van der Waals surface area contributed by atoms with Crippen molar-refractivity contribution in [3.05, 3.63) is 35.9 Å². The summed E-state index contributed by atoms with van der Waals surface area (Å²) < 4.78 is 0. The quantitative estimate of drug-likeness (QED) is 0.362. The molecule has 0 radical (unpaired) electrons. The smallest absolute Gasteiger partial charge is 0.337 e. The topological polar surface area (TPSA) is 109 Å². The van der Waals surface area contributed by atoms with E-state index >= 15 is 0 Å². The zero-order valence-electron chi connectivity index (χ0n) is 13.0. The molecule has 124 valence electrons. The number of carboxylic acids is 1. The van der Waals surface area contributed by atoms with Crippen LogP contribution in [0, 0.1) is 5.92 Å². The average molecular weight is 318 g/mol. The van der Waals surface area contributed by atoms with Gasteiger partial charge in [0.05, 0.1) is 0 Å². The molecule has 1 saturated carbocycles. The second kappa shape index (κ2) is 7.37. The molecular formula is C17H22N2O4. The Morgan fingerprint density at radius 1 is 1.17 bits per heavy atom. The monoisotopic (exact) mass is 318 g/mol. The van der Waals surface area contributed by atoms with Crippen LogP contribution < -0.4 is 11.1 Å². The van der Waals surface area contributed by atoms with Crippen molar-refractivity contribution in [2.45, 2.75) is 37.6 Å². The average Bonchev–Trinajstić information content (AvgIpc) is 3.39. The van der Waals surface area contributed by atoms with Crippen molar-refractivity contribution in [2.75, 3.05) is 6.54 Å². The first-order chi connectivity index (χ1) is 11.0. The minimum Gasteiger partial charge on any atom is -0.479 e. The number of hydrogen-bond donors (Lipinski definition) is 3. The fourth-order valence-corrected chi connectivity index (χ4v) is 2.52. The van der Waals surface area contributed by atoms with Crippen LogP contribution in [0.2, 0.25) is 0 Å². The number of carboxylic acid groups (broad SMARTS) is 1. The van der Waals surface area contributed by atoms with Gasteiger partial charge in [0.1, 0.15) is 0 Å². The summed E-state index contributed by atoms with van der Waals surface area (Å²) in [4.78, 5) is 36.9. The second-order valence-electron chi connectivity index (χ2n) is 5.91. The molecule has 1 aliphatic rings. The van der Waals surface area contributed by atoms with Crippen molar-refractivity contribution in [1.29, 1.82) is 0 Å². The molecule has 2 rings (SSSR count). The Bertz CT molecular complexity index is 584. The molecule has 0 aromatic heterocycles. The van der Waals surface area contributed by atoms with E-state index in [1.807, 2.05) is 0 Å². The SMILES string of the molecule is NCCCC[C@](NC(=O)C1CC1)(C(=O)O)C(=O)c1ccccc1. The molecule has 1 atom stereocenters. The zero-order valence-corrected chi connectivity index (χ0v) is 13.0. The molecule has 1 fully saturated rings. The molecule has 0 unspecified atom stereocenters. The first kappa shape index (κ1) is 17.1. The lowest BCUT2D eigenvalue weighted by molar-refractivity contribution is -0.145. The van der Waals surface area contributed by atoms with Gasteiger partial charge in [-0.15, -0.1) is 0 Å². The van der Waals surface area contributed by atoms with Crippen molar-refractivity contribution in [3.63, 3.8) is 0 Å². The highest BCUT2D eigenvalue weighted by Crippen LogP contribution is 2.31. The van der Waals surface area contributed by atoms with E-state index in [0.29, 0.717) is 19.4 Å². The molecule has 1 aromatic carbocycles. The molecule has 1 amide bonds. The summed E-state index contributed by atoms with van der Waals surface area (Å²) in [7, 11) is 0. The third-order valence-electron chi connectivity index (χ3n) is 4.08. The number of Topliss-reactive ketones (excluding diaryl/α,β-unsaturated/α-hetero) is 1. The van der Waals surface area contributed by atoms with Gasteiger partial charge in [-0.2, -0.15) is 0 Å². The summed E-state index contributed by atoms with van der Waals surface area (Å²) in [6.07, 6.45) is 2.56. The summed E-state index contributed by atoms with van der Waals surface area (Å²) in [6.45, 7) is 0.409. The minimum absolute atomic E-state index is 0.0335. The van der Waals surface area contributed by atoms with Gasteiger partial charge in [-0.3, -0.25) is 9.59 Å². The van der Waals surface area contributed by atoms with Crippen molar-refractivity contribution in [1.82, 2.24) is 5.32 Å². The molecule has 4 N–H and O–H groups in total. The van der Waals surface area contributed by atoms with Crippen LogP contribution in [-0.2, 0) is 9.59 Å². The van der Waals surface area contributed by atoms with E-state index in [4.69, 9.17) is 5.73 Å². The Morgan fingerprint density at radius 2 is 1.83 bits per heavy atom. The van der Waals surface area contributed by atoms with E-state index in [0.717, 1.165) is 12.8 Å². The van der Waals surface area contributed by atoms with Gasteiger partial charge in [-0.25, -0.2) is 4.79 Å². The predicted molar refractivity (Wildman–Crippen MR) is 84.9 cm³/mol. The molecule has 0 bridgehead atoms. The van der Waals surface area contributed by atoms with Crippen LogP contribution >= 0.6 is 0 Å². The summed E-state index contributed by atoms with van der Waals surface area (Å²) in [5, 5.41) is 12.3.